The summed E-state index contributed by atoms with van der Waals surface area (Å²) < 4.78 is 5.34. The van der Waals surface area contributed by atoms with Gasteiger partial charge in [-0.05, 0) is 37.1 Å². The highest BCUT2D eigenvalue weighted by Gasteiger charge is 2.14. The fraction of sp³-hybridized carbons (Fsp3) is 0.417. The van der Waals surface area contributed by atoms with Crippen LogP contribution in [-0.2, 0) is 16.0 Å². The van der Waals surface area contributed by atoms with E-state index in [2.05, 4.69) is 50.8 Å². The van der Waals surface area contributed by atoms with E-state index < -0.39 is 0 Å². The number of nitrogens with zero attached hydrogens (tertiary/aromatic N) is 1. The van der Waals surface area contributed by atoms with Gasteiger partial charge in [-0.25, -0.2) is 0 Å². The molecule has 1 heterocycles. The van der Waals surface area contributed by atoms with Gasteiger partial charge in [0.1, 0.15) is 0 Å². The Morgan fingerprint density at radius 1 is 1.56 bits per heavy atom. The van der Waals surface area contributed by atoms with Crippen molar-refractivity contribution in [2.75, 3.05) is 25.1 Å². The molecular weight excluding hydrogens is 270 g/mol. The molecule has 0 aromatic heterocycles. The van der Waals surface area contributed by atoms with Crippen molar-refractivity contribution in [1.82, 2.24) is 0 Å². The third-order valence-electron chi connectivity index (χ3n) is 2.40. The molecule has 0 aliphatic carbocycles. The summed E-state index contributed by atoms with van der Waals surface area (Å²) in [7, 11) is 2.14. The minimum Gasteiger partial charge on any atom is -0.468 e. The fourth-order valence-electron chi connectivity index (χ4n) is 1.60. The summed E-state index contributed by atoms with van der Waals surface area (Å²) >= 11 is 3.47. The number of fused-ring (bicyclic) bond motifs is 1. The van der Waals surface area contributed by atoms with Crippen molar-refractivity contribution >= 4 is 28.1 Å². The Bertz CT molecular complexity index is 355. The van der Waals surface area contributed by atoms with Crippen LogP contribution in [0.5, 0.6) is 0 Å². The van der Waals surface area contributed by atoms with Gasteiger partial charge in [-0.1, -0.05) is 15.9 Å². The lowest BCUT2D eigenvalue weighted by Gasteiger charge is -2.10. The van der Waals surface area contributed by atoms with E-state index in [0.717, 1.165) is 6.54 Å². The Kier molecular flexibility index (Phi) is 5.32. The molecule has 0 saturated carbocycles. The summed E-state index contributed by atoms with van der Waals surface area (Å²) in [6.07, 6.45) is 1.19. The molecule has 0 unspecified atom stereocenters. The van der Waals surface area contributed by atoms with Crippen molar-refractivity contribution in [2.45, 2.75) is 13.3 Å². The Balaban J connectivity index is 0.000000221. The van der Waals surface area contributed by atoms with Gasteiger partial charge in [-0.15, -0.1) is 0 Å². The maximum Gasteiger partial charge on any atom is 0.293 e. The predicted octanol–water partition coefficient (Wildman–Crippen LogP) is 2.62. The molecule has 2 rings (SSSR count). The smallest absolute Gasteiger partial charge is 0.293 e. The topological polar surface area (TPSA) is 29.5 Å². The normalized spacial score (nSPS) is 12.6. The number of halogens is 1. The zero-order chi connectivity index (χ0) is 12.0. The molecule has 0 radical (unpaired) electrons. The monoisotopic (exact) mass is 285 g/mol. The van der Waals surface area contributed by atoms with Crippen LogP contribution in [0.15, 0.2) is 22.7 Å². The first-order valence-corrected chi connectivity index (χ1v) is 6.03. The molecular formula is C12H16BrNO2. The largest absolute Gasteiger partial charge is 0.468 e. The van der Waals surface area contributed by atoms with Crippen LogP contribution in [-0.4, -0.2) is 26.7 Å². The van der Waals surface area contributed by atoms with E-state index in [4.69, 9.17) is 0 Å². The van der Waals surface area contributed by atoms with E-state index in [-0.39, 0.29) is 0 Å². The van der Waals surface area contributed by atoms with Crippen LogP contribution < -0.4 is 4.90 Å². The minimum absolute atomic E-state index is 0.431. The van der Waals surface area contributed by atoms with Gasteiger partial charge in [0.2, 0.25) is 0 Å². The van der Waals surface area contributed by atoms with Crippen LogP contribution in [0.4, 0.5) is 5.69 Å². The summed E-state index contributed by atoms with van der Waals surface area (Å²) in [5.74, 6) is 0. The van der Waals surface area contributed by atoms with Crippen LogP contribution in [0.1, 0.15) is 12.5 Å². The molecule has 0 amide bonds. The molecule has 0 atom stereocenters. The Morgan fingerprint density at radius 2 is 2.31 bits per heavy atom. The van der Waals surface area contributed by atoms with Crippen LogP contribution in [0.3, 0.4) is 0 Å². The lowest BCUT2D eigenvalue weighted by molar-refractivity contribution is -0.128. The third-order valence-corrected chi connectivity index (χ3v) is 2.90. The number of anilines is 1. The highest BCUT2D eigenvalue weighted by atomic mass is 79.9. The molecule has 1 aliphatic heterocycles. The van der Waals surface area contributed by atoms with E-state index in [1.54, 1.807) is 6.92 Å². The lowest BCUT2D eigenvalue weighted by Crippen LogP contribution is -2.12. The molecule has 1 aromatic rings. The first-order chi connectivity index (χ1) is 7.69. The summed E-state index contributed by atoms with van der Waals surface area (Å²) in [6, 6.07) is 6.48. The number of hydrogen-bond acceptors (Lipinski definition) is 3. The Hall–Kier alpha value is -1.03. The molecule has 0 N–H and O–H groups in total. The molecule has 16 heavy (non-hydrogen) atoms. The van der Waals surface area contributed by atoms with E-state index in [9.17, 15) is 4.79 Å². The van der Waals surface area contributed by atoms with Crippen molar-refractivity contribution in [1.29, 1.82) is 0 Å². The summed E-state index contributed by atoms with van der Waals surface area (Å²) in [5, 5.41) is 0. The van der Waals surface area contributed by atoms with Gasteiger partial charge < -0.3 is 9.64 Å². The highest BCUT2D eigenvalue weighted by Crippen LogP contribution is 2.28. The SMILES string of the molecule is CCOC=O.CN1CCc2cc(Br)ccc21. The second kappa shape index (κ2) is 6.53. The number of likely N-dealkylation sites (N-methyl/N-ethyl adjacent to an activating group) is 1. The van der Waals surface area contributed by atoms with Gasteiger partial charge in [0, 0.05) is 23.8 Å². The van der Waals surface area contributed by atoms with Crippen LogP contribution in [0.25, 0.3) is 0 Å². The standard InChI is InChI=1S/C9H10BrN.C3H6O2/c1-11-5-4-7-6-8(10)2-3-9(7)11;1-2-5-3-4/h2-3,6H,4-5H2,1H3;3H,2H2,1H3. The van der Waals surface area contributed by atoms with E-state index >= 15 is 0 Å². The van der Waals surface area contributed by atoms with Crippen LogP contribution in [0, 0.1) is 0 Å². The van der Waals surface area contributed by atoms with Crippen molar-refractivity contribution in [3.05, 3.63) is 28.2 Å². The molecule has 88 valence electrons. The van der Waals surface area contributed by atoms with Gasteiger partial charge in [0.15, 0.2) is 0 Å². The van der Waals surface area contributed by atoms with Crippen LogP contribution >= 0.6 is 15.9 Å². The van der Waals surface area contributed by atoms with E-state index in [0.29, 0.717) is 13.1 Å². The zero-order valence-corrected chi connectivity index (χ0v) is 11.2. The van der Waals surface area contributed by atoms with E-state index in [1.807, 2.05) is 0 Å². The predicted molar refractivity (Wildman–Crippen MR) is 68.8 cm³/mol. The van der Waals surface area contributed by atoms with Gasteiger partial charge in [-0.3, -0.25) is 4.79 Å². The Labute approximate surface area is 105 Å². The average molecular weight is 286 g/mol. The number of rotatable bonds is 2. The first-order valence-electron chi connectivity index (χ1n) is 5.23. The lowest BCUT2D eigenvalue weighted by atomic mass is 10.2. The summed E-state index contributed by atoms with van der Waals surface area (Å²) in [6.45, 7) is 3.82. The average Bonchev–Trinajstić information content (AvgIpc) is 2.62. The molecule has 1 aliphatic rings. The van der Waals surface area contributed by atoms with Gasteiger partial charge in [0.05, 0.1) is 6.61 Å². The van der Waals surface area contributed by atoms with Gasteiger partial charge >= 0.3 is 0 Å². The molecule has 4 heteroatoms. The Morgan fingerprint density at radius 3 is 2.88 bits per heavy atom. The summed E-state index contributed by atoms with van der Waals surface area (Å²) in [4.78, 5) is 11.5. The van der Waals surface area contributed by atoms with Crippen molar-refractivity contribution < 1.29 is 9.53 Å². The molecule has 3 nitrogen and oxygen atoms in total. The second-order valence-corrected chi connectivity index (χ2v) is 4.41. The molecule has 1 aromatic carbocycles. The maximum atomic E-state index is 9.18. The van der Waals surface area contributed by atoms with Crippen molar-refractivity contribution in [3.63, 3.8) is 0 Å². The molecule has 0 saturated heterocycles. The number of carbonyl (C=O) groups excluding carboxylic acids is 1. The number of benzene rings is 1. The quantitative estimate of drug-likeness (QED) is 0.783. The van der Waals surface area contributed by atoms with E-state index in [1.165, 1.54) is 22.1 Å². The number of hydrogen-bond donors (Lipinski definition) is 0. The van der Waals surface area contributed by atoms with Crippen molar-refractivity contribution in [2.24, 2.45) is 0 Å². The minimum atomic E-state index is 0.431. The highest BCUT2D eigenvalue weighted by molar-refractivity contribution is 9.10. The molecule has 0 fully saturated rings. The third kappa shape index (κ3) is 3.52. The number of ether oxygens (including phenoxy) is 1. The first kappa shape index (κ1) is 13.0. The summed E-state index contributed by atoms with van der Waals surface area (Å²) in [5.41, 5.74) is 2.84. The van der Waals surface area contributed by atoms with Gasteiger partial charge in [0.25, 0.3) is 6.47 Å². The fourth-order valence-corrected chi connectivity index (χ4v) is 2.01. The maximum absolute atomic E-state index is 9.18. The second-order valence-electron chi connectivity index (χ2n) is 3.50. The van der Waals surface area contributed by atoms with Crippen LogP contribution in [0.2, 0.25) is 0 Å². The molecule has 0 spiro atoms. The van der Waals surface area contributed by atoms with Gasteiger partial charge in [-0.2, -0.15) is 0 Å². The zero-order valence-electron chi connectivity index (χ0n) is 9.57. The van der Waals surface area contributed by atoms with Crippen molar-refractivity contribution in [3.8, 4) is 0 Å². The molecule has 0 bridgehead atoms. The number of carbonyl (C=O) groups is 1.